The Morgan fingerprint density at radius 2 is 2.31 bits per heavy atom. The first kappa shape index (κ1) is 11.3. The largest absolute Gasteiger partial charge is 0.300 e. The van der Waals surface area contributed by atoms with Crippen molar-refractivity contribution < 1.29 is 0 Å². The van der Waals surface area contributed by atoms with Crippen molar-refractivity contribution in [2.24, 2.45) is 0 Å². The predicted molar refractivity (Wildman–Crippen MR) is 63.5 cm³/mol. The second-order valence-electron chi connectivity index (χ2n) is 4.77. The predicted octanol–water partition coefficient (Wildman–Crippen LogP) is 1.36. The van der Waals surface area contributed by atoms with Crippen LogP contribution in [0.3, 0.4) is 0 Å². The number of aromatic amines is 1. The highest BCUT2D eigenvalue weighted by Gasteiger charge is 2.23. The maximum absolute atomic E-state index is 10.9. The summed E-state index contributed by atoms with van der Waals surface area (Å²) in [6, 6.07) is 4.01. The number of nitrogens with one attached hydrogen (secondary N) is 1. The quantitative estimate of drug-likeness (QED) is 0.820. The first-order valence-electron chi connectivity index (χ1n) is 5.96. The highest BCUT2D eigenvalue weighted by Crippen LogP contribution is 2.25. The molecule has 88 valence electrons. The van der Waals surface area contributed by atoms with Crippen molar-refractivity contribution in [2.75, 3.05) is 13.1 Å². The molecule has 0 saturated carbocycles. The summed E-state index contributed by atoms with van der Waals surface area (Å²) < 4.78 is 0. The molecule has 1 aliphatic heterocycles. The molecule has 0 aliphatic carbocycles. The van der Waals surface area contributed by atoms with Crippen LogP contribution in [0.1, 0.15) is 38.3 Å². The molecule has 2 rings (SSSR count). The van der Waals surface area contributed by atoms with E-state index in [4.69, 9.17) is 0 Å². The minimum atomic E-state index is -0.125. The van der Waals surface area contributed by atoms with Crippen molar-refractivity contribution in [3.05, 3.63) is 28.2 Å². The molecule has 1 saturated heterocycles. The van der Waals surface area contributed by atoms with Crippen molar-refractivity contribution >= 4 is 0 Å². The van der Waals surface area contributed by atoms with Crippen LogP contribution in [0.15, 0.2) is 16.9 Å². The van der Waals surface area contributed by atoms with Crippen molar-refractivity contribution in [1.82, 2.24) is 15.1 Å². The summed E-state index contributed by atoms with van der Waals surface area (Å²) in [6.07, 6.45) is 2.38. The van der Waals surface area contributed by atoms with Gasteiger partial charge in [0.2, 0.25) is 0 Å². The van der Waals surface area contributed by atoms with E-state index in [0.29, 0.717) is 12.0 Å². The van der Waals surface area contributed by atoms with E-state index in [-0.39, 0.29) is 5.56 Å². The molecule has 1 aromatic rings. The van der Waals surface area contributed by atoms with Gasteiger partial charge >= 0.3 is 0 Å². The molecule has 1 atom stereocenters. The third kappa shape index (κ3) is 2.50. The number of piperidine rings is 1. The van der Waals surface area contributed by atoms with Gasteiger partial charge in [-0.3, -0.25) is 4.79 Å². The van der Waals surface area contributed by atoms with Crippen molar-refractivity contribution in [3.63, 3.8) is 0 Å². The smallest absolute Gasteiger partial charge is 0.264 e. The van der Waals surface area contributed by atoms with E-state index in [0.717, 1.165) is 12.2 Å². The second-order valence-corrected chi connectivity index (χ2v) is 4.77. The van der Waals surface area contributed by atoms with Gasteiger partial charge < -0.3 is 4.90 Å². The second kappa shape index (κ2) is 4.78. The molecule has 1 unspecified atom stereocenters. The van der Waals surface area contributed by atoms with Gasteiger partial charge in [0.15, 0.2) is 0 Å². The van der Waals surface area contributed by atoms with Crippen molar-refractivity contribution in [2.45, 2.75) is 38.6 Å². The van der Waals surface area contributed by atoms with E-state index in [1.165, 1.54) is 19.4 Å². The Bertz CT molecular complexity index is 379. The summed E-state index contributed by atoms with van der Waals surface area (Å²) >= 11 is 0. The molecule has 16 heavy (non-hydrogen) atoms. The molecule has 1 aromatic heterocycles. The minimum absolute atomic E-state index is 0.125. The number of rotatable bonds is 2. The summed E-state index contributed by atoms with van der Waals surface area (Å²) in [5.74, 6) is 0.466. The maximum atomic E-state index is 10.9. The third-order valence-electron chi connectivity index (χ3n) is 3.30. The zero-order chi connectivity index (χ0) is 11.5. The number of hydrogen-bond acceptors (Lipinski definition) is 3. The SMILES string of the molecule is CC(C)N1CCCC(c2ccc(=O)[nH]n2)C1. The molecule has 1 N–H and O–H groups in total. The molecule has 0 radical (unpaired) electrons. The Morgan fingerprint density at radius 1 is 1.50 bits per heavy atom. The molecule has 0 bridgehead atoms. The van der Waals surface area contributed by atoms with Gasteiger partial charge in [0.1, 0.15) is 0 Å². The summed E-state index contributed by atoms with van der Waals surface area (Å²) in [6.45, 7) is 6.68. The van der Waals surface area contributed by atoms with E-state index < -0.39 is 0 Å². The van der Waals surface area contributed by atoms with Gasteiger partial charge in [0.05, 0.1) is 5.69 Å². The van der Waals surface area contributed by atoms with Gasteiger partial charge in [-0.2, -0.15) is 5.10 Å². The fourth-order valence-corrected chi connectivity index (χ4v) is 2.30. The van der Waals surface area contributed by atoms with Crippen LogP contribution in [0.5, 0.6) is 0 Å². The van der Waals surface area contributed by atoms with Crippen molar-refractivity contribution in [3.8, 4) is 0 Å². The number of likely N-dealkylation sites (tertiary alicyclic amines) is 1. The van der Waals surface area contributed by atoms with Gasteiger partial charge in [-0.25, -0.2) is 5.10 Å². The first-order valence-corrected chi connectivity index (χ1v) is 5.96. The van der Waals surface area contributed by atoms with Crippen LogP contribution in [-0.4, -0.2) is 34.2 Å². The monoisotopic (exact) mass is 221 g/mol. The molecule has 1 fully saturated rings. The Kier molecular flexibility index (Phi) is 3.39. The topological polar surface area (TPSA) is 49.0 Å². The normalized spacial score (nSPS) is 22.6. The van der Waals surface area contributed by atoms with Gasteiger partial charge in [0.25, 0.3) is 5.56 Å². The highest BCUT2D eigenvalue weighted by molar-refractivity contribution is 5.08. The summed E-state index contributed by atoms with van der Waals surface area (Å²) in [4.78, 5) is 13.4. The molecular formula is C12H19N3O. The van der Waals surface area contributed by atoms with Crippen LogP contribution < -0.4 is 5.56 Å². The Balaban J connectivity index is 2.09. The molecular weight excluding hydrogens is 202 g/mol. The molecule has 1 aliphatic rings. The van der Waals surface area contributed by atoms with Gasteiger partial charge in [-0.15, -0.1) is 0 Å². The van der Waals surface area contributed by atoms with Gasteiger partial charge in [0, 0.05) is 24.6 Å². The van der Waals surface area contributed by atoms with Crippen LogP contribution in [0.2, 0.25) is 0 Å². The molecule has 2 heterocycles. The average Bonchev–Trinajstić information content (AvgIpc) is 2.30. The van der Waals surface area contributed by atoms with E-state index in [9.17, 15) is 4.79 Å². The van der Waals surface area contributed by atoms with E-state index in [1.54, 1.807) is 6.07 Å². The Hall–Kier alpha value is -1.16. The third-order valence-corrected chi connectivity index (χ3v) is 3.30. The first-order chi connectivity index (χ1) is 7.66. The lowest BCUT2D eigenvalue weighted by Gasteiger charge is -2.34. The molecule has 4 nitrogen and oxygen atoms in total. The van der Waals surface area contributed by atoms with Gasteiger partial charge in [-0.05, 0) is 39.3 Å². The van der Waals surface area contributed by atoms with Gasteiger partial charge in [-0.1, -0.05) is 0 Å². The van der Waals surface area contributed by atoms with E-state index >= 15 is 0 Å². The fraction of sp³-hybridized carbons (Fsp3) is 0.667. The number of H-pyrrole nitrogens is 1. The summed E-state index contributed by atoms with van der Waals surface area (Å²) in [5, 5.41) is 6.65. The number of nitrogens with zero attached hydrogens (tertiary/aromatic N) is 2. The van der Waals surface area contributed by atoms with E-state index in [2.05, 4.69) is 28.9 Å². The summed E-state index contributed by atoms with van der Waals surface area (Å²) in [7, 11) is 0. The molecule has 4 heteroatoms. The zero-order valence-corrected chi connectivity index (χ0v) is 9.94. The van der Waals surface area contributed by atoms with E-state index in [1.807, 2.05) is 6.07 Å². The fourth-order valence-electron chi connectivity index (χ4n) is 2.30. The molecule has 0 aromatic carbocycles. The lowest BCUT2D eigenvalue weighted by Crippen LogP contribution is -2.39. The van der Waals surface area contributed by atoms with Crippen LogP contribution in [0.25, 0.3) is 0 Å². The standard InChI is InChI=1S/C12H19N3O/c1-9(2)15-7-3-4-10(8-15)11-5-6-12(16)14-13-11/h5-6,9-10H,3-4,7-8H2,1-2H3,(H,14,16). The Labute approximate surface area is 95.7 Å². The van der Waals surface area contributed by atoms with Crippen LogP contribution in [0.4, 0.5) is 0 Å². The Morgan fingerprint density at radius 3 is 2.94 bits per heavy atom. The zero-order valence-electron chi connectivity index (χ0n) is 9.94. The number of aromatic nitrogens is 2. The lowest BCUT2D eigenvalue weighted by atomic mass is 9.94. The highest BCUT2D eigenvalue weighted by atomic mass is 16.1. The van der Waals surface area contributed by atoms with Crippen molar-refractivity contribution in [1.29, 1.82) is 0 Å². The average molecular weight is 221 g/mol. The van der Waals surface area contributed by atoms with Crippen LogP contribution >= 0.6 is 0 Å². The lowest BCUT2D eigenvalue weighted by molar-refractivity contribution is 0.166. The molecule has 0 spiro atoms. The molecule has 0 amide bonds. The summed E-state index contributed by atoms with van der Waals surface area (Å²) in [5.41, 5.74) is 0.894. The maximum Gasteiger partial charge on any atom is 0.264 e. The van der Waals surface area contributed by atoms with Crippen LogP contribution in [-0.2, 0) is 0 Å². The van der Waals surface area contributed by atoms with Crippen LogP contribution in [0, 0.1) is 0 Å². The number of hydrogen-bond donors (Lipinski definition) is 1. The minimum Gasteiger partial charge on any atom is -0.300 e.